The van der Waals surface area contributed by atoms with Gasteiger partial charge in [-0.2, -0.15) is 0 Å². The summed E-state index contributed by atoms with van der Waals surface area (Å²) in [6, 6.07) is 21.9. The molecule has 1 heterocycles. The van der Waals surface area contributed by atoms with Crippen LogP contribution in [0.1, 0.15) is 0 Å². The van der Waals surface area contributed by atoms with Gasteiger partial charge in [0.2, 0.25) is 0 Å². The molecule has 0 radical (unpaired) electrons. The highest BCUT2D eigenvalue weighted by Crippen LogP contribution is 2.33. The molecule has 2 aromatic carbocycles. The zero-order valence-electron chi connectivity index (χ0n) is 12.4. The van der Waals surface area contributed by atoms with Gasteiger partial charge in [0, 0.05) is 26.0 Å². The lowest BCUT2D eigenvalue weighted by molar-refractivity contribution is 0.309. The highest BCUT2D eigenvalue weighted by Gasteiger charge is 2.16. The van der Waals surface area contributed by atoms with Crippen LogP contribution in [0, 0.1) is 0 Å². The smallest absolute Gasteiger partial charge is 0.0890 e. The molecule has 2 aromatic rings. The molecule has 0 unspecified atom stereocenters. The predicted octanol–water partition coefficient (Wildman–Crippen LogP) is 2.80. The Bertz CT molecular complexity index is 543. The summed E-state index contributed by atoms with van der Waals surface area (Å²) in [4.78, 5) is 4.61. The van der Waals surface area contributed by atoms with Gasteiger partial charge in [-0.15, -0.1) is 0 Å². The number of hydrogen-bond donors (Lipinski definition) is 0. The first kappa shape index (κ1) is 14.2. The van der Waals surface area contributed by atoms with Gasteiger partial charge < -0.3 is 9.80 Å². The van der Waals surface area contributed by atoms with Gasteiger partial charge in [0.25, 0.3) is 0 Å². The van der Waals surface area contributed by atoms with E-state index >= 15 is 0 Å². The molecule has 0 bridgehead atoms. The molecule has 1 aliphatic heterocycles. The highest BCUT2D eigenvalue weighted by atomic mass is 31.1. The minimum absolute atomic E-state index is 0.275. The Morgan fingerprint density at radius 2 is 1.43 bits per heavy atom. The molecule has 0 atom stereocenters. The molecule has 0 aliphatic carbocycles. The normalized spacial score (nSPS) is 14.2. The maximum Gasteiger partial charge on any atom is 0.0890 e. The number of nitrogens with zero attached hydrogens (tertiary/aromatic N) is 2. The molecule has 3 heteroatoms. The van der Waals surface area contributed by atoms with Gasteiger partial charge in [0.05, 0.1) is 6.67 Å². The summed E-state index contributed by atoms with van der Waals surface area (Å²) in [5.74, 6) is 0. The molecule has 21 heavy (non-hydrogen) atoms. The fourth-order valence-corrected chi connectivity index (χ4v) is 4.92. The number of hydrogen-bond acceptors (Lipinski definition) is 2. The standard InChI is InChI=1S/C18H21N2P/c1-19-12-13-20(16-19)14-15-21(17-8-4-2-5-9-17)18-10-6-3-7-11-18/h2-13H,14-16H2,1H3. The fraction of sp³-hybridized carbons (Fsp3) is 0.222. The van der Waals surface area contributed by atoms with E-state index in [-0.39, 0.29) is 7.92 Å². The lowest BCUT2D eigenvalue weighted by atomic mass is 10.4. The molecule has 0 fully saturated rings. The lowest BCUT2D eigenvalue weighted by Crippen LogP contribution is -2.27. The summed E-state index contributed by atoms with van der Waals surface area (Å²) in [5.41, 5.74) is 0. The SMILES string of the molecule is CN1C=CN(CCP(c2ccccc2)c2ccccc2)C1. The van der Waals surface area contributed by atoms with Crippen molar-refractivity contribution >= 4 is 18.5 Å². The lowest BCUT2D eigenvalue weighted by Gasteiger charge is -2.23. The first-order valence-electron chi connectivity index (χ1n) is 7.33. The van der Waals surface area contributed by atoms with Gasteiger partial charge in [-0.25, -0.2) is 0 Å². The molecule has 108 valence electrons. The average molecular weight is 296 g/mol. The van der Waals surface area contributed by atoms with Gasteiger partial charge in [-0.3, -0.25) is 0 Å². The minimum Gasteiger partial charge on any atom is -0.362 e. The monoisotopic (exact) mass is 296 g/mol. The molecule has 0 saturated carbocycles. The van der Waals surface area contributed by atoms with Crippen molar-refractivity contribution in [1.29, 1.82) is 0 Å². The van der Waals surface area contributed by atoms with Crippen LogP contribution in [0.3, 0.4) is 0 Å². The van der Waals surface area contributed by atoms with E-state index in [0.29, 0.717) is 0 Å². The molecular weight excluding hydrogens is 275 g/mol. The second-order valence-corrected chi connectivity index (χ2v) is 7.67. The maximum atomic E-state index is 2.39. The molecule has 0 spiro atoms. The summed E-state index contributed by atoms with van der Waals surface area (Å²) in [6.07, 6.45) is 5.54. The maximum absolute atomic E-state index is 2.39. The summed E-state index contributed by atoms with van der Waals surface area (Å²) < 4.78 is 0. The third-order valence-electron chi connectivity index (χ3n) is 3.68. The molecule has 1 aliphatic rings. The number of benzene rings is 2. The second kappa shape index (κ2) is 6.78. The van der Waals surface area contributed by atoms with E-state index in [0.717, 1.165) is 13.2 Å². The molecule has 0 N–H and O–H groups in total. The largest absolute Gasteiger partial charge is 0.362 e. The van der Waals surface area contributed by atoms with Crippen molar-refractivity contribution in [3.63, 3.8) is 0 Å². The molecule has 0 saturated heterocycles. The Morgan fingerprint density at radius 3 is 1.90 bits per heavy atom. The first-order valence-corrected chi connectivity index (χ1v) is 8.86. The van der Waals surface area contributed by atoms with Crippen LogP contribution in [0.5, 0.6) is 0 Å². The van der Waals surface area contributed by atoms with Crippen molar-refractivity contribution < 1.29 is 0 Å². The van der Waals surface area contributed by atoms with E-state index in [1.54, 1.807) is 0 Å². The molecule has 2 nitrogen and oxygen atoms in total. The fourth-order valence-electron chi connectivity index (χ4n) is 2.59. The Balaban J connectivity index is 1.75. The second-order valence-electron chi connectivity index (χ2n) is 5.33. The van der Waals surface area contributed by atoms with Crippen LogP contribution in [0.15, 0.2) is 73.1 Å². The van der Waals surface area contributed by atoms with Crippen molar-refractivity contribution in [2.45, 2.75) is 0 Å². The van der Waals surface area contributed by atoms with Crippen LogP contribution in [0.2, 0.25) is 0 Å². The zero-order valence-corrected chi connectivity index (χ0v) is 13.3. The van der Waals surface area contributed by atoms with Gasteiger partial charge in [0.1, 0.15) is 0 Å². The Kier molecular flexibility index (Phi) is 4.57. The van der Waals surface area contributed by atoms with Gasteiger partial charge >= 0.3 is 0 Å². The van der Waals surface area contributed by atoms with Crippen molar-refractivity contribution in [1.82, 2.24) is 9.80 Å². The van der Waals surface area contributed by atoms with E-state index in [9.17, 15) is 0 Å². The van der Waals surface area contributed by atoms with Gasteiger partial charge in [-0.05, 0) is 24.7 Å². The average Bonchev–Trinajstić information content (AvgIpc) is 2.95. The summed E-state index contributed by atoms with van der Waals surface area (Å²) in [5, 5.41) is 2.94. The summed E-state index contributed by atoms with van der Waals surface area (Å²) >= 11 is 0. The molecule has 0 aromatic heterocycles. The van der Waals surface area contributed by atoms with E-state index < -0.39 is 0 Å². The van der Waals surface area contributed by atoms with E-state index in [1.807, 2.05) is 0 Å². The van der Waals surface area contributed by atoms with Crippen molar-refractivity contribution in [2.75, 3.05) is 26.4 Å². The molecular formula is C18H21N2P. The molecule has 3 rings (SSSR count). The molecule has 0 amide bonds. The summed E-state index contributed by atoms with van der Waals surface area (Å²) in [6.45, 7) is 2.11. The Labute approximate surface area is 128 Å². The summed E-state index contributed by atoms with van der Waals surface area (Å²) in [7, 11) is 1.84. The van der Waals surface area contributed by atoms with E-state index in [4.69, 9.17) is 0 Å². The Hall–Kier alpha value is -1.79. The van der Waals surface area contributed by atoms with E-state index in [1.165, 1.54) is 16.8 Å². The van der Waals surface area contributed by atoms with Gasteiger partial charge in [-0.1, -0.05) is 60.7 Å². The minimum atomic E-state index is -0.275. The third-order valence-corrected chi connectivity index (χ3v) is 6.17. The van der Waals surface area contributed by atoms with Crippen molar-refractivity contribution in [3.05, 3.63) is 73.1 Å². The van der Waals surface area contributed by atoms with Crippen LogP contribution < -0.4 is 10.6 Å². The topological polar surface area (TPSA) is 6.48 Å². The van der Waals surface area contributed by atoms with Crippen LogP contribution in [-0.4, -0.2) is 36.2 Å². The third kappa shape index (κ3) is 3.65. The van der Waals surface area contributed by atoms with Gasteiger partial charge in [0.15, 0.2) is 0 Å². The van der Waals surface area contributed by atoms with Crippen LogP contribution in [0.25, 0.3) is 0 Å². The quantitative estimate of drug-likeness (QED) is 0.783. The van der Waals surface area contributed by atoms with Crippen LogP contribution in [0.4, 0.5) is 0 Å². The Morgan fingerprint density at radius 1 is 0.857 bits per heavy atom. The van der Waals surface area contributed by atoms with Crippen LogP contribution in [-0.2, 0) is 0 Å². The highest BCUT2D eigenvalue weighted by molar-refractivity contribution is 7.73. The predicted molar refractivity (Wildman–Crippen MR) is 92.4 cm³/mol. The van der Waals surface area contributed by atoms with Crippen molar-refractivity contribution in [2.24, 2.45) is 0 Å². The first-order chi connectivity index (χ1) is 10.3. The van der Waals surface area contributed by atoms with Crippen LogP contribution >= 0.6 is 7.92 Å². The zero-order chi connectivity index (χ0) is 14.5. The number of rotatable bonds is 5. The van der Waals surface area contributed by atoms with Crippen molar-refractivity contribution in [3.8, 4) is 0 Å². The van der Waals surface area contributed by atoms with E-state index in [2.05, 4.69) is 89.9 Å².